The van der Waals surface area contributed by atoms with Crippen molar-refractivity contribution in [3.63, 3.8) is 0 Å². The van der Waals surface area contributed by atoms with Gasteiger partial charge in [0, 0.05) is 60.9 Å². The van der Waals surface area contributed by atoms with Gasteiger partial charge in [-0.25, -0.2) is 9.97 Å². The third-order valence-corrected chi connectivity index (χ3v) is 6.70. The summed E-state index contributed by atoms with van der Waals surface area (Å²) in [4.78, 5) is 23.1. The van der Waals surface area contributed by atoms with Crippen LogP contribution in [0.2, 0.25) is 5.15 Å². The molecule has 0 bridgehead atoms. The summed E-state index contributed by atoms with van der Waals surface area (Å²) in [5.41, 5.74) is 4.44. The van der Waals surface area contributed by atoms with Gasteiger partial charge in [-0.3, -0.25) is 9.48 Å². The van der Waals surface area contributed by atoms with Crippen LogP contribution in [0.25, 0.3) is 33.8 Å². The fourth-order valence-corrected chi connectivity index (χ4v) is 4.65. The fraction of sp³-hybridized carbons (Fsp3) is 0.308. The average Bonchev–Trinajstić information content (AvgIpc) is 3.39. The van der Waals surface area contributed by atoms with Crippen LogP contribution < -0.4 is 0 Å². The van der Waals surface area contributed by atoms with Crippen LogP contribution in [0.5, 0.6) is 0 Å². The Labute approximate surface area is 209 Å². The van der Waals surface area contributed by atoms with Crippen molar-refractivity contribution in [3.05, 3.63) is 66.3 Å². The van der Waals surface area contributed by atoms with E-state index < -0.39 is 0 Å². The molecule has 0 N–H and O–H groups in total. The van der Waals surface area contributed by atoms with Gasteiger partial charge in [0.05, 0.1) is 17.9 Å². The zero-order valence-corrected chi connectivity index (χ0v) is 20.4. The predicted molar refractivity (Wildman–Crippen MR) is 134 cm³/mol. The molecule has 1 fully saturated rings. The van der Waals surface area contributed by atoms with E-state index in [-0.39, 0.29) is 11.8 Å². The lowest BCUT2D eigenvalue weighted by molar-refractivity contribution is -0.134. The van der Waals surface area contributed by atoms with Crippen LogP contribution in [0.15, 0.2) is 61.2 Å². The number of aromatic nitrogens is 6. The zero-order valence-electron chi connectivity index (χ0n) is 19.7. The summed E-state index contributed by atoms with van der Waals surface area (Å²) in [6, 6.07) is 11.7. The van der Waals surface area contributed by atoms with Crippen molar-refractivity contribution in [2.75, 3.05) is 14.1 Å². The molecule has 0 aliphatic heterocycles. The smallest absolute Gasteiger partial charge is 0.225 e. The Hall–Kier alpha value is -3.65. The van der Waals surface area contributed by atoms with E-state index in [1.807, 2.05) is 67.7 Å². The van der Waals surface area contributed by atoms with Crippen LogP contribution >= 0.6 is 11.6 Å². The highest BCUT2D eigenvalue weighted by atomic mass is 35.5. The van der Waals surface area contributed by atoms with Gasteiger partial charge in [-0.2, -0.15) is 5.10 Å². The minimum absolute atomic E-state index is 0.127. The minimum atomic E-state index is 0.127. The number of hydrogen-bond donors (Lipinski definition) is 0. The number of amides is 1. The topological polar surface area (TPSA) is 89.7 Å². The van der Waals surface area contributed by atoms with Crippen LogP contribution in [-0.2, 0) is 4.79 Å². The average molecular weight is 488 g/mol. The third-order valence-electron chi connectivity index (χ3n) is 6.50. The molecule has 5 rings (SSSR count). The van der Waals surface area contributed by atoms with Gasteiger partial charge in [-0.05, 0) is 43.9 Å². The highest BCUT2D eigenvalue weighted by Crippen LogP contribution is 2.33. The molecule has 0 atom stereocenters. The lowest BCUT2D eigenvalue weighted by Gasteiger charge is -2.29. The van der Waals surface area contributed by atoms with Gasteiger partial charge in [0.2, 0.25) is 5.91 Å². The van der Waals surface area contributed by atoms with Gasteiger partial charge in [0.15, 0.2) is 11.0 Å². The number of carbonyl (C=O) groups is 1. The number of halogens is 1. The minimum Gasteiger partial charge on any atom is -0.349 e. The summed E-state index contributed by atoms with van der Waals surface area (Å²) in [5.74, 6) is 0.990. The lowest BCUT2D eigenvalue weighted by Crippen LogP contribution is -2.32. The number of benzene rings is 1. The molecule has 1 saturated carbocycles. The first kappa shape index (κ1) is 23.1. The van der Waals surface area contributed by atoms with Crippen molar-refractivity contribution in [1.82, 2.24) is 34.8 Å². The van der Waals surface area contributed by atoms with E-state index in [0.29, 0.717) is 17.0 Å². The molecule has 4 aromatic rings. The van der Waals surface area contributed by atoms with E-state index in [1.165, 1.54) is 0 Å². The third kappa shape index (κ3) is 5.07. The number of hydrogen-bond acceptors (Lipinski definition) is 6. The van der Waals surface area contributed by atoms with Crippen LogP contribution in [0.1, 0.15) is 31.7 Å². The molecule has 3 aromatic heterocycles. The molecule has 8 nitrogen and oxygen atoms in total. The highest BCUT2D eigenvalue weighted by Gasteiger charge is 2.28. The first-order chi connectivity index (χ1) is 17.0. The molecule has 0 saturated heterocycles. The Morgan fingerprint density at radius 3 is 2.34 bits per heavy atom. The molecule has 1 aliphatic carbocycles. The van der Waals surface area contributed by atoms with Crippen LogP contribution in [0, 0.1) is 5.92 Å². The van der Waals surface area contributed by atoms with Crippen molar-refractivity contribution >= 4 is 17.5 Å². The van der Waals surface area contributed by atoms with Gasteiger partial charge in [0.1, 0.15) is 0 Å². The van der Waals surface area contributed by atoms with Crippen molar-refractivity contribution in [3.8, 4) is 33.8 Å². The van der Waals surface area contributed by atoms with Crippen molar-refractivity contribution < 1.29 is 4.79 Å². The number of rotatable bonds is 5. The Balaban J connectivity index is 1.28. The molecular weight excluding hydrogens is 462 g/mol. The molecule has 1 aromatic carbocycles. The molecule has 1 aliphatic rings. The van der Waals surface area contributed by atoms with E-state index in [1.54, 1.807) is 11.0 Å². The van der Waals surface area contributed by atoms with E-state index in [9.17, 15) is 4.79 Å². The maximum atomic E-state index is 12.2. The van der Waals surface area contributed by atoms with Gasteiger partial charge >= 0.3 is 0 Å². The summed E-state index contributed by atoms with van der Waals surface area (Å²) in [7, 11) is 3.65. The quantitative estimate of drug-likeness (QED) is 0.396. The summed E-state index contributed by atoms with van der Waals surface area (Å²) >= 11 is 5.85. The Kier molecular flexibility index (Phi) is 6.55. The van der Waals surface area contributed by atoms with Crippen molar-refractivity contribution in [2.45, 2.75) is 31.7 Å². The molecule has 0 spiro atoms. The lowest BCUT2D eigenvalue weighted by atomic mass is 9.85. The second kappa shape index (κ2) is 9.92. The Morgan fingerprint density at radius 1 is 0.914 bits per heavy atom. The molecule has 1 amide bonds. The van der Waals surface area contributed by atoms with Crippen LogP contribution in [0.4, 0.5) is 0 Å². The Morgan fingerprint density at radius 2 is 1.66 bits per heavy atom. The van der Waals surface area contributed by atoms with Gasteiger partial charge in [0.25, 0.3) is 0 Å². The number of nitrogens with zero attached hydrogens (tertiary/aromatic N) is 7. The van der Waals surface area contributed by atoms with E-state index in [2.05, 4.69) is 31.5 Å². The monoisotopic (exact) mass is 487 g/mol. The molecule has 9 heteroatoms. The number of carbonyl (C=O) groups excluding carboxylic acids is 1. The largest absolute Gasteiger partial charge is 0.349 e. The van der Waals surface area contributed by atoms with Crippen LogP contribution in [0.3, 0.4) is 0 Å². The Bertz CT molecular complexity index is 1310. The highest BCUT2D eigenvalue weighted by molar-refractivity contribution is 6.29. The van der Waals surface area contributed by atoms with Gasteiger partial charge in [-0.15, -0.1) is 10.2 Å². The summed E-state index contributed by atoms with van der Waals surface area (Å²) in [6.07, 6.45) is 11.3. The first-order valence-electron chi connectivity index (χ1n) is 11.7. The maximum absolute atomic E-state index is 12.2. The van der Waals surface area contributed by atoms with Gasteiger partial charge < -0.3 is 4.90 Å². The fourth-order valence-electron chi connectivity index (χ4n) is 4.55. The van der Waals surface area contributed by atoms with Crippen LogP contribution in [-0.4, -0.2) is 54.8 Å². The maximum Gasteiger partial charge on any atom is 0.225 e. The van der Waals surface area contributed by atoms with Crippen molar-refractivity contribution in [1.29, 1.82) is 0 Å². The second-order valence-corrected chi connectivity index (χ2v) is 9.45. The van der Waals surface area contributed by atoms with Crippen molar-refractivity contribution in [2.24, 2.45) is 5.92 Å². The standard InChI is InChI=1S/C26H26ClN7O/c1-33(2)26(35)17-6-8-22(9-7-17)34-16-21(15-30-34)20-13-28-25(29-14-20)19-5-3-4-18(12-19)23-10-11-24(27)32-31-23/h3-5,10-17,22H,6-9H2,1-2H3. The molecule has 0 radical (unpaired) electrons. The van der Waals surface area contributed by atoms with E-state index in [4.69, 9.17) is 11.6 Å². The molecule has 178 valence electrons. The SMILES string of the molecule is CN(C)C(=O)C1CCC(n2cc(-c3cnc(-c4cccc(-c5ccc(Cl)nn5)c4)nc3)cn2)CC1. The molecule has 3 heterocycles. The normalized spacial score (nSPS) is 17.8. The van der Waals surface area contributed by atoms with E-state index >= 15 is 0 Å². The predicted octanol–water partition coefficient (Wildman–Crippen LogP) is 4.94. The molecular formula is C26H26ClN7O. The second-order valence-electron chi connectivity index (χ2n) is 9.06. The summed E-state index contributed by atoms with van der Waals surface area (Å²) in [6.45, 7) is 0. The summed E-state index contributed by atoms with van der Waals surface area (Å²) < 4.78 is 2.02. The summed E-state index contributed by atoms with van der Waals surface area (Å²) in [5, 5.41) is 13.0. The first-order valence-corrected chi connectivity index (χ1v) is 12.0. The molecule has 35 heavy (non-hydrogen) atoms. The molecule has 0 unspecified atom stereocenters. The van der Waals surface area contributed by atoms with E-state index in [0.717, 1.165) is 53.6 Å². The van der Waals surface area contributed by atoms with Gasteiger partial charge in [-0.1, -0.05) is 29.8 Å². The zero-order chi connectivity index (χ0) is 24.4.